The Morgan fingerprint density at radius 3 is 2.37 bits per heavy atom. The first kappa shape index (κ1) is 16.4. The van der Waals surface area contributed by atoms with E-state index < -0.39 is 6.10 Å². The Bertz CT molecular complexity index is 280. The number of esters is 1. The highest BCUT2D eigenvalue weighted by Crippen LogP contribution is 2.37. The Balaban J connectivity index is 2.27. The normalized spacial score (nSPS) is 29.3. The monoisotopic (exact) mass is 272 g/mol. The molecule has 0 spiro atoms. The molecule has 0 aliphatic heterocycles. The molecule has 0 aromatic rings. The van der Waals surface area contributed by atoms with Crippen LogP contribution in [0.1, 0.15) is 53.4 Å². The summed E-state index contributed by atoms with van der Waals surface area (Å²) in [6.45, 7) is 8.24. The molecule has 1 aliphatic rings. The second-order valence-electron chi connectivity index (χ2n) is 6.30. The van der Waals surface area contributed by atoms with Gasteiger partial charge < -0.3 is 14.6 Å². The topological polar surface area (TPSA) is 55.8 Å². The van der Waals surface area contributed by atoms with Crippen LogP contribution in [0.4, 0.5) is 0 Å². The second-order valence-corrected chi connectivity index (χ2v) is 6.30. The van der Waals surface area contributed by atoms with Crippen LogP contribution in [-0.4, -0.2) is 36.0 Å². The van der Waals surface area contributed by atoms with Crippen LogP contribution in [0.5, 0.6) is 0 Å². The summed E-state index contributed by atoms with van der Waals surface area (Å²) in [5.41, 5.74) is -0.136. The molecule has 1 aliphatic carbocycles. The van der Waals surface area contributed by atoms with Crippen molar-refractivity contribution >= 4 is 5.97 Å². The zero-order valence-corrected chi connectivity index (χ0v) is 12.6. The Hall–Kier alpha value is -0.610. The first-order valence-electron chi connectivity index (χ1n) is 7.28. The van der Waals surface area contributed by atoms with Crippen molar-refractivity contribution in [1.29, 1.82) is 0 Å². The van der Waals surface area contributed by atoms with Gasteiger partial charge in [0.15, 0.2) is 0 Å². The van der Waals surface area contributed by atoms with Crippen molar-refractivity contribution in [3.8, 4) is 0 Å². The minimum absolute atomic E-state index is 0.0139. The third-order valence-corrected chi connectivity index (χ3v) is 4.13. The number of ether oxygens (including phenoxy) is 2. The molecule has 0 aromatic carbocycles. The molecule has 112 valence electrons. The van der Waals surface area contributed by atoms with Gasteiger partial charge in [0, 0.05) is 6.92 Å². The van der Waals surface area contributed by atoms with Gasteiger partial charge in [-0.25, -0.2) is 0 Å². The number of aliphatic hydroxyl groups excluding tert-OH is 1. The van der Waals surface area contributed by atoms with Crippen molar-refractivity contribution in [2.45, 2.75) is 65.1 Å². The zero-order chi connectivity index (χ0) is 14.5. The number of hydrogen-bond donors (Lipinski definition) is 1. The van der Waals surface area contributed by atoms with Crippen molar-refractivity contribution in [2.75, 3.05) is 13.2 Å². The summed E-state index contributed by atoms with van der Waals surface area (Å²) < 4.78 is 10.6. The highest BCUT2D eigenvalue weighted by atomic mass is 16.5. The van der Waals surface area contributed by atoms with Crippen LogP contribution in [0.15, 0.2) is 0 Å². The molecule has 1 rings (SSSR count). The predicted octanol–water partition coefficient (Wildman–Crippen LogP) is 2.53. The average molecular weight is 272 g/mol. The van der Waals surface area contributed by atoms with E-state index in [-0.39, 0.29) is 24.8 Å². The predicted molar refractivity (Wildman–Crippen MR) is 73.8 cm³/mol. The van der Waals surface area contributed by atoms with Crippen molar-refractivity contribution in [1.82, 2.24) is 0 Å². The summed E-state index contributed by atoms with van der Waals surface area (Å²) >= 11 is 0. The lowest BCUT2D eigenvalue weighted by Crippen LogP contribution is -2.38. The smallest absolute Gasteiger partial charge is 0.302 e. The van der Waals surface area contributed by atoms with Gasteiger partial charge in [-0.2, -0.15) is 0 Å². The van der Waals surface area contributed by atoms with E-state index in [0.29, 0.717) is 0 Å². The maximum atomic E-state index is 10.6. The Morgan fingerprint density at radius 1 is 1.32 bits per heavy atom. The fourth-order valence-corrected chi connectivity index (χ4v) is 2.62. The van der Waals surface area contributed by atoms with Crippen LogP contribution in [0.3, 0.4) is 0 Å². The molecule has 1 fully saturated rings. The van der Waals surface area contributed by atoms with E-state index in [4.69, 9.17) is 9.47 Å². The van der Waals surface area contributed by atoms with Gasteiger partial charge in [-0.05, 0) is 44.4 Å². The summed E-state index contributed by atoms with van der Waals surface area (Å²) in [5, 5.41) is 9.68. The van der Waals surface area contributed by atoms with Crippen LogP contribution in [0.25, 0.3) is 0 Å². The molecular formula is C15H28O4. The number of carbonyl (C=O) groups is 1. The van der Waals surface area contributed by atoms with Crippen LogP contribution in [0.2, 0.25) is 0 Å². The average Bonchev–Trinajstić information content (AvgIpc) is 2.34. The molecule has 19 heavy (non-hydrogen) atoms. The van der Waals surface area contributed by atoms with E-state index in [0.717, 1.165) is 24.7 Å². The minimum Gasteiger partial charge on any atom is -0.463 e. The van der Waals surface area contributed by atoms with Gasteiger partial charge in [0.1, 0.15) is 12.7 Å². The third-order valence-electron chi connectivity index (χ3n) is 4.13. The molecule has 4 nitrogen and oxygen atoms in total. The van der Waals surface area contributed by atoms with Crippen LogP contribution < -0.4 is 0 Å². The first-order chi connectivity index (χ1) is 8.82. The fourth-order valence-electron chi connectivity index (χ4n) is 2.62. The Morgan fingerprint density at radius 2 is 1.89 bits per heavy atom. The van der Waals surface area contributed by atoms with Crippen molar-refractivity contribution in [3.05, 3.63) is 0 Å². The van der Waals surface area contributed by atoms with Gasteiger partial charge in [-0.3, -0.25) is 4.79 Å². The molecule has 0 radical (unpaired) electrons. The molecule has 1 atom stereocenters. The third kappa shape index (κ3) is 5.91. The Kier molecular flexibility index (Phi) is 6.27. The van der Waals surface area contributed by atoms with Crippen LogP contribution in [-0.2, 0) is 14.3 Å². The van der Waals surface area contributed by atoms with Gasteiger partial charge in [-0.1, -0.05) is 13.8 Å². The minimum atomic E-state index is -0.733. The van der Waals surface area contributed by atoms with Gasteiger partial charge in [0.2, 0.25) is 0 Å². The van der Waals surface area contributed by atoms with E-state index in [9.17, 15) is 9.90 Å². The molecule has 1 unspecified atom stereocenters. The van der Waals surface area contributed by atoms with Gasteiger partial charge in [-0.15, -0.1) is 0 Å². The van der Waals surface area contributed by atoms with Crippen LogP contribution in [0, 0.1) is 11.8 Å². The van der Waals surface area contributed by atoms with E-state index in [2.05, 4.69) is 20.8 Å². The highest BCUT2D eigenvalue weighted by molar-refractivity contribution is 5.65. The lowest BCUT2D eigenvalue weighted by Gasteiger charge is -2.39. The van der Waals surface area contributed by atoms with Crippen LogP contribution >= 0.6 is 0 Å². The summed E-state index contributed by atoms with van der Waals surface area (Å²) in [5.74, 6) is 1.16. The van der Waals surface area contributed by atoms with E-state index in [1.807, 2.05) is 0 Å². The van der Waals surface area contributed by atoms with Crippen molar-refractivity contribution < 1.29 is 19.4 Å². The number of hydrogen-bond acceptors (Lipinski definition) is 4. The van der Waals surface area contributed by atoms with Gasteiger partial charge in [0.25, 0.3) is 0 Å². The number of carbonyl (C=O) groups excluding carboxylic acids is 1. The lowest BCUT2D eigenvalue weighted by atomic mass is 9.75. The molecule has 0 bridgehead atoms. The second kappa shape index (κ2) is 7.25. The van der Waals surface area contributed by atoms with Gasteiger partial charge in [0.05, 0.1) is 12.2 Å². The number of aliphatic hydroxyl groups is 1. The largest absolute Gasteiger partial charge is 0.463 e. The molecule has 0 saturated heterocycles. The molecular weight excluding hydrogens is 244 g/mol. The SMILES string of the molecule is CC(=O)OCC(O)COC1(C)CCC(C(C)C)CC1. The molecule has 0 amide bonds. The highest BCUT2D eigenvalue weighted by Gasteiger charge is 2.33. The molecule has 4 heteroatoms. The zero-order valence-electron chi connectivity index (χ0n) is 12.6. The number of rotatable bonds is 6. The first-order valence-corrected chi connectivity index (χ1v) is 7.28. The quantitative estimate of drug-likeness (QED) is 0.755. The lowest BCUT2D eigenvalue weighted by molar-refractivity contribution is -0.148. The maximum Gasteiger partial charge on any atom is 0.302 e. The maximum absolute atomic E-state index is 10.6. The van der Waals surface area contributed by atoms with Gasteiger partial charge >= 0.3 is 5.97 Å². The fraction of sp³-hybridized carbons (Fsp3) is 0.933. The summed E-state index contributed by atoms with van der Waals surface area (Å²) in [6.07, 6.45) is 3.72. The summed E-state index contributed by atoms with van der Waals surface area (Å²) in [7, 11) is 0. The summed E-state index contributed by atoms with van der Waals surface area (Å²) in [6, 6.07) is 0. The molecule has 0 aromatic heterocycles. The standard InChI is InChI=1S/C15H28O4/c1-11(2)13-5-7-15(4,8-6-13)19-10-14(17)9-18-12(3)16/h11,13-14,17H,5-10H2,1-4H3. The van der Waals surface area contributed by atoms with Crippen molar-refractivity contribution in [3.63, 3.8) is 0 Å². The van der Waals surface area contributed by atoms with Crippen molar-refractivity contribution in [2.24, 2.45) is 11.8 Å². The molecule has 0 heterocycles. The van der Waals surface area contributed by atoms with E-state index >= 15 is 0 Å². The molecule has 1 saturated carbocycles. The van der Waals surface area contributed by atoms with E-state index in [1.165, 1.54) is 19.8 Å². The van der Waals surface area contributed by atoms with E-state index in [1.54, 1.807) is 0 Å². The molecule has 1 N–H and O–H groups in total. The summed E-state index contributed by atoms with van der Waals surface area (Å²) in [4.78, 5) is 10.6. The Labute approximate surface area is 116 Å².